The van der Waals surface area contributed by atoms with Crippen molar-refractivity contribution in [1.82, 2.24) is 0 Å². The lowest BCUT2D eigenvalue weighted by Gasteiger charge is -2.08. The Kier molecular flexibility index (Phi) is 3.97. The number of furan rings is 1. The van der Waals surface area contributed by atoms with Gasteiger partial charge in [-0.1, -0.05) is 12.1 Å². The molecular formula is C13H12Cl2O2. The highest BCUT2D eigenvalue weighted by molar-refractivity contribution is 6.31. The van der Waals surface area contributed by atoms with Crippen LogP contribution in [0.15, 0.2) is 41.0 Å². The van der Waals surface area contributed by atoms with Gasteiger partial charge in [0.05, 0.1) is 18.8 Å². The third-order valence-corrected chi connectivity index (χ3v) is 3.25. The fourth-order valence-corrected chi connectivity index (χ4v) is 2.26. The van der Waals surface area contributed by atoms with Gasteiger partial charge in [0.1, 0.15) is 5.75 Å². The van der Waals surface area contributed by atoms with Crippen LogP contribution >= 0.6 is 23.2 Å². The minimum absolute atomic E-state index is 0.186. The van der Waals surface area contributed by atoms with Crippen molar-refractivity contribution in [3.63, 3.8) is 0 Å². The smallest absolute Gasteiger partial charge is 0.197 e. The number of benzene rings is 1. The summed E-state index contributed by atoms with van der Waals surface area (Å²) in [6.45, 7) is 0. The number of rotatable bonds is 4. The van der Waals surface area contributed by atoms with Crippen LogP contribution in [0.4, 0.5) is 0 Å². The summed E-state index contributed by atoms with van der Waals surface area (Å²) in [6, 6.07) is 9.60. The molecule has 17 heavy (non-hydrogen) atoms. The number of halogens is 2. The monoisotopic (exact) mass is 270 g/mol. The Balaban J connectivity index is 2.07. The Labute approximate surface area is 110 Å². The van der Waals surface area contributed by atoms with Crippen molar-refractivity contribution in [3.8, 4) is 5.75 Å². The summed E-state index contributed by atoms with van der Waals surface area (Å²) >= 11 is 12.2. The second-order valence-electron chi connectivity index (χ2n) is 3.67. The number of alkyl halides is 1. The van der Waals surface area contributed by atoms with E-state index in [1.54, 1.807) is 19.4 Å². The van der Waals surface area contributed by atoms with E-state index < -0.39 is 0 Å². The molecule has 1 heterocycles. The molecule has 1 atom stereocenters. The summed E-state index contributed by atoms with van der Waals surface area (Å²) in [5, 5.41) is 0.174. The maximum absolute atomic E-state index is 6.29. The minimum atomic E-state index is -0.186. The second kappa shape index (κ2) is 5.48. The van der Waals surface area contributed by atoms with Gasteiger partial charge in [-0.3, -0.25) is 0 Å². The molecule has 0 radical (unpaired) electrons. The van der Waals surface area contributed by atoms with E-state index in [1.807, 2.05) is 24.3 Å². The lowest BCUT2D eigenvalue weighted by molar-refractivity contribution is 0.414. The summed E-state index contributed by atoms with van der Waals surface area (Å²) in [5.74, 6) is 0.834. The summed E-state index contributed by atoms with van der Waals surface area (Å²) in [4.78, 5) is 0. The van der Waals surface area contributed by atoms with Crippen LogP contribution in [-0.2, 0) is 6.42 Å². The van der Waals surface area contributed by atoms with E-state index in [0.29, 0.717) is 11.6 Å². The zero-order valence-electron chi connectivity index (χ0n) is 9.32. The summed E-state index contributed by atoms with van der Waals surface area (Å²) in [7, 11) is 1.64. The van der Waals surface area contributed by atoms with E-state index in [-0.39, 0.29) is 5.38 Å². The fourth-order valence-electron chi connectivity index (χ4n) is 1.61. The first-order valence-electron chi connectivity index (χ1n) is 5.20. The molecular weight excluding hydrogens is 259 g/mol. The van der Waals surface area contributed by atoms with Crippen LogP contribution < -0.4 is 4.74 Å². The van der Waals surface area contributed by atoms with Crippen molar-refractivity contribution in [2.45, 2.75) is 11.8 Å². The normalized spacial score (nSPS) is 12.4. The Hall–Kier alpha value is -1.12. The molecule has 2 nitrogen and oxygen atoms in total. The zero-order valence-corrected chi connectivity index (χ0v) is 10.8. The van der Waals surface area contributed by atoms with Crippen LogP contribution in [0.5, 0.6) is 5.75 Å². The number of ether oxygens (including phenoxy) is 1. The minimum Gasteiger partial charge on any atom is -0.497 e. The molecule has 0 saturated carbocycles. The van der Waals surface area contributed by atoms with Crippen LogP contribution in [0, 0.1) is 0 Å². The third kappa shape index (κ3) is 2.96. The molecule has 2 aromatic rings. The van der Waals surface area contributed by atoms with Gasteiger partial charge in [-0.15, -0.1) is 11.6 Å². The van der Waals surface area contributed by atoms with E-state index in [4.69, 9.17) is 32.4 Å². The maximum atomic E-state index is 6.29. The van der Waals surface area contributed by atoms with Gasteiger partial charge in [-0.05, 0) is 41.8 Å². The lowest BCUT2D eigenvalue weighted by Crippen LogP contribution is -1.95. The van der Waals surface area contributed by atoms with Crippen LogP contribution in [0.1, 0.15) is 16.5 Å². The first kappa shape index (κ1) is 12.3. The average molecular weight is 271 g/mol. The molecule has 2 rings (SSSR count). The van der Waals surface area contributed by atoms with Gasteiger partial charge < -0.3 is 9.15 Å². The molecule has 4 heteroatoms. The molecule has 0 bridgehead atoms. The number of hydrogen-bond acceptors (Lipinski definition) is 2. The van der Waals surface area contributed by atoms with Crippen LogP contribution in [-0.4, -0.2) is 7.11 Å². The van der Waals surface area contributed by atoms with Crippen molar-refractivity contribution >= 4 is 23.2 Å². The molecule has 1 aromatic carbocycles. The van der Waals surface area contributed by atoms with E-state index in [2.05, 4.69) is 0 Å². The van der Waals surface area contributed by atoms with Crippen LogP contribution in [0.2, 0.25) is 5.22 Å². The highest BCUT2D eigenvalue weighted by atomic mass is 35.5. The molecule has 0 spiro atoms. The summed E-state index contributed by atoms with van der Waals surface area (Å²) in [5.41, 5.74) is 1.95. The highest BCUT2D eigenvalue weighted by Gasteiger charge is 2.14. The largest absolute Gasteiger partial charge is 0.497 e. The molecule has 0 aliphatic heterocycles. The molecule has 90 valence electrons. The van der Waals surface area contributed by atoms with Gasteiger partial charge in [0.15, 0.2) is 5.22 Å². The van der Waals surface area contributed by atoms with Gasteiger partial charge in [0, 0.05) is 5.56 Å². The van der Waals surface area contributed by atoms with Gasteiger partial charge in [0.2, 0.25) is 0 Å². The zero-order chi connectivity index (χ0) is 12.3. The number of hydrogen-bond donors (Lipinski definition) is 0. The molecule has 1 aromatic heterocycles. The summed E-state index contributed by atoms with van der Waals surface area (Å²) < 4.78 is 10.1. The van der Waals surface area contributed by atoms with E-state index in [1.165, 1.54) is 0 Å². The lowest BCUT2D eigenvalue weighted by atomic mass is 10.1. The van der Waals surface area contributed by atoms with Crippen molar-refractivity contribution < 1.29 is 9.15 Å². The predicted octanol–water partition coefficient (Wildman–Crippen LogP) is 4.46. The standard InChI is InChI=1S/C13H12Cl2O2/c1-16-10-4-2-9(3-5-10)8-12(14)11-6-7-17-13(11)15/h2-7,12H,8H2,1H3. The van der Waals surface area contributed by atoms with Crippen molar-refractivity contribution in [1.29, 1.82) is 0 Å². The Morgan fingerprint density at radius 1 is 1.24 bits per heavy atom. The van der Waals surface area contributed by atoms with Crippen LogP contribution in [0.25, 0.3) is 0 Å². The molecule has 0 fully saturated rings. The van der Waals surface area contributed by atoms with Crippen LogP contribution in [0.3, 0.4) is 0 Å². The molecule has 0 amide bonds. The van der Waals surface area contributed by atoms with Gasteiger partial charge in [-0.2, -0.15) is 0 Å². The van der Waals surface area contributed by atoms with E-state index >= 15 is 0 Å². The number of methoxy groups -OCH3 is 1. The van der Waals surface area contributed by atoms with Gasteiger partial charge in [-0.25, -0.2) is 0 Å². The third-order valence-electron chi connectivity index (χ3n) is 2.56. The Morgan fingerprint density at radius 2 is 1.94 bits per heavy atom. The topological polar surface area (TPSA) is 22.4 Å². The quantitative estimate of drug-likeness (QED) is 0.766. The predicted molar refractivity (Wildman–Crippen MR) is 69.0 cm³/mol. The molecule has 0 aliphatic carbocycles. The van der Waals surface area contributed by atoms with Crippen molar-refractivity contribution in [2.24, 2.45) is 0 Å². The van der Waals surface area contributed by atoms with E-state index in [9.17, 15) is 0 Å². The maximum Gasteiger partial charge on any atom is 0.197 e. The molecule has 0 saturated heterocycles. The second-order valence-corrected chi connectivity index (χ2v) is 4.54. The Morgan fingerprint density at radius 3 is 2.47 bits per heavy atom. The van der Waals surface area contributed by atoms with Crippen molar-refractivity contribution in [3.05, 3.63) is 52.9 Å². The Bertz CT molecular complexity index is 476. The molecule has 1 unspecified atom stereocenters. The van der Waals surface area contributed by atoms with Gasteiger partial charge >= 0.3 is 0 Å². The van der Waals surface area contributed by atoms with Crippen molar-refractivity contribution in [2.75, 3.05) is 7.11 Å². The van der Waals surface area contributed by atoms with Gasteiger partial charge in [0.25, 0.3) is 0 Å². The molecule has 0 N–H and O–H groups in total. The SMILES string of the molecule is COc1ccc(CC(Cl)c2ccoc2Cl)cc1. The first-order valence-corrected chi connectivity index (χ1v) is 6.02. The van der Waals surface area contributed by atoms with E-state index in [0.717, 1.165) is 16.9 Å². The first-order chi connectivity index (χ1) is 8.20. The fraction of sp³-hybridized carbons (Fsp3) is 0.231. The molecule has 0 aliphatic rings. The summed E-state index contributed by atoms with van der Waals surface area (Å²) in [6.07, 6.45) is 2.24. The average Bonchev–Trinajstić information content (AvgIpc) is 2.76. The highest BCUT2D eigenvalue weighted by Crippen LogP contribution is 2.31.